The Hall–Kier alpha value is -1.92. The van der Waals surface area contributed by atoms with Crippen LogP contribution in [0.3, 0.4) is 0 Å². The number of halogens is 1. The highest BCUT2D eigenvalue weighted by Crippen LogP contribution is 2.33. The first-order valence-corrected chi connectivity index (χ1v) is 9.92. The van der Waals surface area contributed by atoms with E-state index in [1.54, 1.807) is 0 Å². The summed E-state index contributed by atoms with van der Waals surface area (Å²) in [4.78, 5) is 16.7. The van der Waals surface area contributed by atoms with Crippen molar-refractivity contribution >= 4 is 44.9 Å². The predicted octanol–water partition coefficient (Wildman–Crippen LogP) is 3.90. The first kappa shape index (κ1) is 17.5. The lowest BCUT2D eigenvalue weighted by Crippen LogP contribution is -2.56. The van der Waals surface area contributed by atoms with Crippen LogP contribution in [-0.2, 0) is 11.2 Å². The predicted molar refractivity (Wildman–Crippen MR) is 111 cm³/mol. The number of fused-ring (bicyclic) bond motifs is 3. The van der Waals surface area contributed by atoms with Crippen molar-refractivity contribution in [3.05, 3.63) is 63.6 Å². The van der Waals surface area contributed by atoms with Crippen LogP contribution in [0.5, 0.6) is 0 Å². The Morgan fingerprint density at radius 1 is 1.23 bits per heavy atom. The zero-order valence-corrected chi connectivity index (χ0v) is 16.9. The highest BCUT2D eigenvalue weighted by atomic mass is 79.9. The Balaban J connectivity index is 1.55. The molecule has 1 atom stereocenters. The molecule has 0 spiro atoms. The summed E-state index contributed by atoms with van der Waals surface area (Å²) in [7, 11) is 0. The molecule has 6 heteroatoms. The summed E-state index contributed by atoms with van der Waals surface area (Å²) in [5.74, 6) is 0.146. The summed E-state index contributed by atoms with van der Waals surface area (Å²) < 4.78 is 1.02. The highest BCUT2D eigenvalue weighted by molar-refractivity contribution is 9.10. The first-order valence-electron chi connectivity index (χ1n) is 8.71. The van der Waals surface area contributed by atoms with Gasteiger partial charge in [-0.15, -0.1) is 0 Å². The van der Waals surface area contributed by atoms with Gasteiger partial charge in [0.25, 0.3) is 0 Å². The third-order valence-corrected chi connectivity index (χ3v) is 5.97. The van der Waals surface area contributed by atoms with Gasteiger partial charge in [0.2, 0.25) is 5.91 Å². The van der Waals surface area contributed by atoms with Crippen LogP contribution in [0.25, 0.3) is 0 Å². The third kappa shape index (κ3) is 3.35. The van der Waals surface area contributed by atoms with Gasteiger partial charge in [0.1, 0.15) is 0 Å². The monoisotopic (exact) mass is 429 g/mol. The molecule has 134 valence electrons. The average molecular weight is 430 g/mol. The van der Waals surface area contributed by atoms with Crippen LogP contribution in [0.2, 0.25) is 0 Å². The SMILES string of the molecule is Cc1ccc2c(c1)CCN1C(=O)CN(C(=S)Nc3ccc(Br)cc3)CC21. The molecular formula is C20H20BrN3OS. The molecule has 26 heavy (non-hydrogen) atoms. The van der Waals surface area contributed by atoms with Crippen LogP contribution in [-0.4, -0.2) is 40.5 Å². The number of rotatable bonds is 1. The Kier molecular flexibility index (Phi) is 4.71. The van der Waals surface area contributed by atoms with E-state index < -0.39 is 0 Å². The fourth-order valence-electron chi connectivity index (χ4n) is 3.75. The minimum absolute atomic E-state index is 0.0743. The van der Waals surface area contributed by atoms with Gasteiger partial charge < -0.3 is 15.1 Å². The molecule has 1 N–H and O–H groups in total. The number of carbonyl (C=O) groups is 1. The Labute approximate surface area is 167 Å². The number of nitrogens with zero attached hydrogens (tertiary/aromatic N) is 2. The molecule has 0 saturated carbocycles. The van der Waals surface area contributed by atoms with Crippen molar-refractivity contribution < 1.29 is 4.79 Å². The maximum absolute atomic E-state index is 12.7. The Morgan fingerprint density at radius 3 is 2.77 bits per heavy atom. The smallest absolute Gasteiger partial charge is 0.242 e. The molecule has 1 fully saturated rings. The number of carbonyl (C=O) groups excluding carboxylic acids is 1. The molecule has 1 unspecified atom stereocenters. The lowest BCUT2D eigenvalue weighted by Gasteiger charge is -2.45. The first-order chi connectivity index (χ1) is 12.5. The lowest BCUT2D eigenvalue weighted by molar-refractivity contribution is -0.138. The molecule has 0 radical (unpaired) electrons. The Bertz CT molecular complexity index is 868. The molecule has 2 aromatic carbocycles. The zero-order chi connectivity index (χ0) is 18.3. The quantitative estimate of drug-likeness (QED) is 0.697. The maximum atomic E-state index is 12.7. The van der Waals surface area contributed by atoms with Gasteiger partial charge in [-0.1, -0.05) is 39.7 Å². The average Bonchev–Trinajstić information content (AvgIpc) is 2.63. The van der Waals surface area contributed by atoms with E-state index in [0.29, 0.717) is 11.7 Å². The summed E-state index contributed by atoms with van der Waals surface area (Å²) in [6, 6.07) is 14.5. The van der Waals surface area contributed by atoms with E-state index in [1.807, 2.05) is 34.1 Å². The van der Waals surface area contributed by atoms with E-state index in [-0.39, 0.29) is 11.9 Å². The van der Waals surface area contributed by atoms with Crippen LogP contribution >= 0.6 is 28.1 Å². The topological polar surface area (TPSA) is 35.6 Å². The van der Waals surface area contributed by atoms with Gasteiger partial charge in [-0.25, -0.2) is 0 Å². The molecule has 0 aliphatic carbocycles. The molecule has 2 aliphatic heterocycles. The van der Waals surface area contributed by atoms with Crippen LogP contribution in [0.1, 0.15) is 22.7 Å². The number of hydrogen-bond acceptors (Lipinski definition) is 2. The number of amides is 1. The number of piperazine rings is 1. The molecule has 4 nitrogen and oxygen atoms in total. The van der Waals surface area contributed by atoms with E-state index in [0.717, 1.165) is 29.7 Å². The second-order valence-corrected chi connectivity index (χ2v) is 8.18. The molecular weight excluding hydrogens is 410 g/mol. The van der Waals surface area contributed by atoms with E-state index in [4.69, 9.17) is 12.2 Å². The summed E-state index contributed by atoms with van der Waals surface area (Å²) in [5, 5.41) is 3.85. The van der Waals surface area contributed by atoms with Gasteiger partial charge in [-0.2, -0.15) is 0 Å². The third-order valence-electron chi connectivity index (χ3n) is 5.08. The number of nitrogens with one attached hydrogen (secondary N) is 1. The molecule has 2 aliphatic rings. The molecule has 4 rings (SSSR count). The standard InChI is InChI=1S/C20H20BrN3OS/c1-13-2-7-17-14(10-13)8-9-24-18(17)11-23(12-19(24)25)20(26)22-16-5-3-15(21)4-6-16/h2-7,10,18H,8-9,11-12H2,1H3,(H,22,26). The highest BCUT2D eigenvalue weighted by Gasteiger charge is 2.37. The van der Waals surface area contributed by atoms with Gasteiger partial charge in [-0.3, -0.25) is 4.79 Å². The molecule has 2 heterocycles. The minimum atomic E-state index is 0.0743. The van der Waals surface area contributed by atoms with Gasteiger partial charge in [0.05, 0.1) is 12.6 Å². The summed E-state index contributed by atoms with van der Waals surface area (Å²) in [5.41, 5.74) is 4.80. The molecule has 2 aromatic rings. The van der Waals surface area contributed by atoms with E-state index >= 15 is 0 Å². The number of hydrogen-bond donors (Lipinski definition) is 1. The second-order valence-electron chi connectivity index (χ2n) is 6.87. The van der Waals surface area contributed by atoms with Crippen molar-refractivity contribution in [2.24, 2.45) is 0 Å². The number of thiocarbonyl (C=S) groups is 1. The molecule has 1 amide bonds. The van der Waals surface area contributed by atoms with Crippen molar-refractivity contribution in [1.29, 1.82) is 0 Å². The largest absolute Gasteiger partial charge is 0.337 e. The summed E-state index contributed by atoms with van der Waals surface area (Å²) in [6.07, 6.45) is 0.931. The normalized spacial score (nSPS) is 19.0. The number of benzene rings is 2. The maximum Gasteiger partial charge on any atom is 0.242 e. The fourth-order valence-corrected chi connectivity index (χ4v) is 4.28. The molecule has 0 bridgehead atoms. The van der Waals surface area contributed by atoms with Crippen LogP contribution in [0, 0.1) is 6.92 Å². The van der Waals surface area contributed by atoms with E-state index in [1.165, 1.54) is 16.7 Å². The van der Waals surface area contributed by atoms with Crippen molar-refractivity contribution in [2.45, 2.75) is 19.4 Å². The van der Waals surface area contributed by atoms with Crippen LogP contribution in [0.15, 0.2) is 46.9 Å². The molecule has 0 aromatic heterocycles. The second kappa shape index (κ2) is 7.00. The van der Waals surface area contributed by atoms with E-state index in [2.05, 4.69) is 46.4 Å². The lowest BCUT2D eigenvalue weighted by atomic mass is 9.89. The summed E-state index contributed by atoms with van der Waals surface area (Å²) in [6.45, 7) is 3.97. The van der Waals surface area contributed by atoms with Crippen molar-refractivity contribution in [3.63, 3.8) is 0 Å². The van der Waals surface area contributed by atoms with Crippen molar-refractivity contribution in [3.8, 4) is 0 Å². The minimum Gasteiger partial charge on any atom is -0.337 e. The number of anilines is 1. The van der Waals surface area contributed by atoms with Gasteiger partial charge in [0, 0.05) is 23.2 Å². The molecule has 1 saturated heterocycles. The van der Waals surface area contributed by atoms with Gasteiger partial charge in [-0.05, 0) is 61.0 Å². The van der Waals surface area contributed by atoms with E-state index in [9.17, 15) is 4.79 Å². The van der Waals surface area contributed by atoms with Crippen LogP contribution in [0.4, 0.5) is 5.69 Å². The van der Waals surface area contributed by atoms with Gasteiger partial charge >= 0.3 is 0 Å². The van der Waals surface area contributed by atoms with Gasteiger partial charge in [0.15, 0.2) is 5.11 Å². The summed E-state index contributed by atoms with van der Waals surface area (Å²) >= 11 is 9.02. The van der Waals surface area contributed by atoms with Crippen LogP contribution < -0.4 is 5.32 Å². The van der Waals surface area contributed by atoms with Crippen molar-refractivity contribution in [2.75, 3.05) is 25.0 Å². The Morgan fingerprint density at radius 2 is 2.00 bits per heavy atom. The fraction of sp³-hybridized carbons (Fsp3) is 0.300. The zero-order valence-electron chi connectivity index (χ0n) is 14.5. The van der Waals surface area contributed by atoms with Crippen molar-refractivity contribution in [1.82, 2.24) is 9.80 Å². The number of aryl methyl sites for hydroxylation is 1.